The third-order valence-electron chi connectivity index (χ3n) is 4.83. The first-order valence-electron chi connectivity index (χ1n) is 10.6. The van der Waals surface area contributed by atoms with Crippen LogP contribution in [-0.2, 0) is 22.3 Å². The molecule has 0 saturated heterocycles. The van der Waals surface area contributed by atoms with Crippen molar-refractivity contribution >= 4 is 50.0 Å². The van der Waals surface area contributed by atoms with Crippen molar-refractivity contribution in [2.75, 3.05) is 10.0 Å². The summed E-state index contributed by atoms with van der Waals surface area (Å²) in [6.45, 7) is 0.0957. The number of hydrogen-bond acceptors (Lipinski definition) is 8. The number of para-hydroxylation sites is 1. The molecule has 0 aliphatic rings. The maximum absolute atomic E-state index is 12.7. The number of nitriles is 1. The molecular formula is C24H20N6O3S3. The summed E-state index contributed by atoms with van der Waals surface area (Å²) < 4.78 is 28.6. The molecule has 182 valence electrons. The van der Waals surface area contributed by atoms with Crippen molar-refractivity contribution in [1.82, 2.24) is 15.5 Å². The number of nitrogens with one attached hydrogen (secondary N) is 3. The number of thioether (sulfide) groups is 1. The van der Waals surface area contributed by atoms with E-state index in [1.54, 1.807) is 54.6 Å². The fourth-order valence-corrected chi connectivity index (χ4v) is 5.86. The van der Waals surface area contributed by atoms with Gasteiger partial charge in [0.2, 0.25) is 5.13 Å². The second kappa shape index (κ2) is 11.7. The van der Waals surface area contributed by atoms with Crippen LogP contribution in [0, 0.1) is 11.3 Å². The van der Waals surface area contributed by atoms with Gasteiger partial charge in [-0.05, 0) is 41.5 Å². The molecule has 1 heterocycles. The lowest BCUT2D eigenvalue weighted by molar-refractivity contribution is 0.251. The van der Waals surface area contributed by atoms with Crippen LogP contribution in [0.25, 0.3) is 0 Å². The highest BCUT2D eigenvalue weighted by Crippen LogP contribution is 2.28. The van der Waals surface area contributed by atoms with Gasteiger partial charge in [-0.1, -0.05) is 71.6 Å². The fraction of sp³-hybridized carbons (Fsp3) is 0.0833. The van der Waals surface area contributed by atoms with Gasteiger partial charge in [-0.2, -0.15) is 5.26 Å². The average Bonchev–Trinajstić information content (AvgIpc) is 3.34. The number of benzene rings is 3. The minimum Gasteiger partial charge on any atom is -0.334 e. The van der Waals surface area contributed by atoms with Crippen LogP contribution in [0.2, 0.25) is 0 Å². The molecule has 0 aliphatic carbocycles. The Hall–Kier alpha value is -3.92. The van der Waals surface area contributed by atoms with Gasteiger partial charge in [-0.25, -0.2) is 13.2 Å². The summed E-state index contributed by atoms with van der Waals surface area (Å²) in [5.41, 5.74) is 2.62. The van der Waals surface area contributed by atoms with Crippen molar-refractivity contribution in [2.45, 2.75) is 21.5 Å². The van der Waals surface area contributed by atoms with Crippen LogP contribution in [0.5, 0.6) is 0 Å². The topological polar surface area (TPSA) is 137 Å². The number of carbonyl (C=O) groups excluding carboxylic acids is 1. The number of carbonyl (C=O) groups is 1. The van der Waals surface area contributed by atoms with Crippen LogP contribution in [0.3, 0.4) is 0 Å². The van der Waals surface area contributed by atoms with Crippen LogP contribution in [-0.4, -0.2) is 24.6 Å². The molecule has 9 nitrogen and oxygen atoms in total. The van der Waals surface area contributed by atoms with E-state index in [4.69, 9.17) is 5.26 Å². The van der Waals surface area contributed by atoms with E-state index in [0.717, 1.165) is 5.56 Å². The van der Waals surface area contributed by atoms with Crippen molar-refractivity contribution in [3.05, 3.63) is 95.6 Å². The zero-order chi connectivity index (χ0) is 25.4. The molecule has 0 spiro atoms. The SMILES string of the molecule is N#Cc1ccc(CSc2nnc(NC(=O)NCc3ccccc3NS(=O)(=O)c3ccccc3)s2)cc1. The van der Waals surface area contributed by atoms with Crippen LogP contribution in [0.4, 0.5) is 15.6 Å². The minimum atomic E-state index is -3.76. The predicted octanol–water partition coefficient (Wildman–Crippen LogP) is 4.82. The van der Waals surface area contributed by atoms with Crippen molar-refractivity contribution in [1.29, 1.82) is 5.26 Å². The lowest BCUT2D eigenvalue weighted by Crippen LogP contribution is -2.28. The minimum absolute atomic E-state index is 0.0957. The largest absolute Gasteiger partial charge is 0.334 e. The molecule has 4 aromatic rings. The molecule has 12 heteroatoms. The van der Waals surface area contributed by atoms with Gasteiger partial charge in [0.25, 0.3) is 10.0 Å². The Morgan fingerprint density at radius 1 is 0.972 bits per heavy atom. The quantitative estimate of drug-likeness (QED) is 0.206. The summed E-state index contributed by atoms with van der Waals surface area (Å²) in [6.07, 6.45) is 0. The van der Waals surface area contributed by atoms with Gasteiger partial charge >= 0.3 is 6.03 Å². The van der Waals surface area contributed by atoms with Crippen molar-refractivity contribution in [3.63, 3.8) is 0 Å². The number of anilines is 2. The Kier molecular flexibility index (Phi) is 8.17. The van der Waals surface area contributed by atoms with Crippen LogP contribution < -0.4 is 15.4 Å². The predicted molar refractivity (Wildman–Crippen MR) is 140 cm³/mol. The molecule has 1 aromatic heterocycles. The standard InChI is InChI=1S/C24H20N6O3S3/c25-14-17-10-12-18(13-11-17)16-34-24-29-28-23(35-24)27-22(31)26-15-19-6-4-5-9-21(19)30-36(32,33)20-7-2-1-3-8-20/h1-13,30H,15-16H2,(H2,26,27,28,31). The monoisotopic (exact) mass is 536 g/mol. The van der Waals surface area contributed by atoms with Gasteiger partial charge in [0.15, 0.2) is 4.34 Å². The Morgan fingerprint density at radius 2 is 1.69 bits per heavy atom. The lowest BCUT2D eigenvalue weighted by Gasteiger charge is -2.13. The summed E-state index contributed by atoms with van der Waals surface area (Å²) in [4.78, 5) is 12.5. The zero-order valence-electron chi connectivity index (χ0n) is 18.7. The van der Waals surface area contributed by atoms with E-state index in [2.05, 4.69) is 31.6 Å². The van der Waals surface area contributed by atoms with Gasteiger partial charge < -0.3 is 5.32 Å². The molecule has 0 saturated carbocycles. The van der Waals surface area contributed by atoms with Gasteiger partial charge in [-0.3, -0.25) is 10.0 Å². The number of nitrogens with zero attached hydrogens (tertiary/aromatic N) is 3. The average molecular weight is 537 g/mol. The Bertz CT molecular complexity index is 1480. The third kappa shape index (κ3) is 6.82. The molecule has 3 aromatic carbocycles. The molecule has 36 heavy (non-hydrogen) atoms. The second-order valence-electron chi connectivity index (χ2n) is 7.35. The molecule has 0 atom stereocenters. The molecule has 0 aliphatic heterocycles. The summed E-state index contributed by atoms with van der Waals surface area (Å²) in [5, 5.41) is 22.6. The third-order valence-corrected chi connectivity index (χ3v) is 8.25. The first kappa shape index (κ1) is 25.2. The highest BCUT2D eigenvalue weighted by molar-refractivity contribution is 8.00. The Morgan fingerprint density at radius 3 is 2.44 bits per heavy atom. The van der Waals surface area contributed by atoms with E-state index in [-0.39, 0.29) is 11.4 Å². The number of amides is 2. The number of aromatic nitrogens is 2. The molecule has 0 bridgehead atoms. The first-order chi connectivity index (χ1) is 17.4. The molecule has 2 amide bonds. The van der Waals surface area contributed by atoms with E-state index in [9.17, 15) is 13.2 Å². The molecule has 4 rings (SSSR count). The molecular weight excluding hydrogens is 517 g/mol. The van der Waals surface area contributed by atoms with Crippen molar-refractivity contribution < 1.29 is 13.2 Å². The van der Waals surface area contributed by atoms with E-state index in [1.807, 2.05) is 12.1 Å². The number of urea groups is 1. The van der Waals surface area contributed by atoms with Crippen molar-refractivity contribution in [3.8, 4) is 6.07 Å². The second-order valence-corrected chi connectivity index (χ2v) is 11.2. The van der Waals surface area contributed by atoms with E-state index >= 15 is 0 Å². The van der Waals surface area contributed by atoms with E-state index < -0.39 is 16.1 Å². The molecule has 3 N–H and O–H groups in total. The maximum atomic E-state index is 12.7. The van der Waals surface area contributed by atoms with Gasteiger partial charge in [0, 0.05) is 12.3 Å². The number of rotatable bonds is 9. The lowest BCUT2D eigenvalue weighted by atomic mass is 10.2. The number of sulfonamides is 1. The van der Waals surface area contributed by atoms with Crippen molar-refractivity contribution in [2.24, 2.45) is 0 Å². The molecule has 0 fully saturated rings. The summed E-state index contributed by atoms with van der Waals surface area (Å²) >= 11 is 2.72. The summed E-state index contributed by atoms with van der Waals surface area (Å²) in [6, 6.07) is 23.8. The van der Waals surface area contributed by atoms with Crippen LogP contribution in [0.1, 0.15) is 16.7 Å². The summed E-state index contributed by atoms with van der Waals surface area (Å²) in [5.74, 6) is 0.655. The Labute approximate surface area is 216 Å². The smallest absolute Gasteiger partial charge is 0.321 e. The first-order valence-corrected chi connectivity index (χ1v) is 13.9. The fourth-order valence-electron chi connectivity index (χ4n) is 3.03. The van der Waals surface area contributed by atoms with Gasteiger partial charge in [0.1, 0.15) is 0 Å². The van der Waals surface area contributed by atoms with Crippen LogP contribution >= 0.6 is 23.1 Å². The maximum Gasteiger partial charge on any atom is 0.321 e. The van der Waals surface area contributed by atoms with E-state index in [0.29, 0.717) is 32.0 Å². The molecule has 0 radical (unpaired) electrons. The number of hydrogen-bond donors (Lipinski definition) is 3. The summed E-state index contributed by atoms with van der Waals surface area (Å²) in [7, 11) is -3.76. The zero-order valence-corrected chi connectivity index (χ0v) is 21.2. The van der Waals surface area contributed by atoms with Gasteiger partial charge in [0.05, 0.1) is 22.2 Å². The normalized spacial score (nSPS) is 10.9. The van der Waals surface area contributed by atoms with Gasteiger partial charge in [-0.15, -0.1) is 10.2 Å². The highest BCUT2D eigenvalue weighted by atomic mass is 32.2. The van der Waals surface area contributed by atoms with Crippen LogP contribution in [0.15, 0.2) is 88.1 Å². The Balaban J connectivity index is 1.31. The molecule has 0 unspecified atom stereocenters. The highest BCUT2D eigenvalue weighted by Gasteiger charge is 2.16. The van der Waals surface area contributed by atoms with E-state index in [1.165, 1.54) is 35.2 Å².